The number of rotatable bonds is 4. The van der Waals surface area contributed by atoms with Crippen molar-refractivity contribution >= 4 is 26.0 Å². The van der Waals surface area contributed by atoms with E-state index in [1.165, 1.54) is 4.31 Å². The molecule has 0 spiro atoms. The molecule has 1 rings (SSSR count). The van der Waals surface area contributed by atoms with Crippen LogP contribution < -0.4 is 0 Å². The molecule has 5 nitrogen and oxygen atoms in total. The molecule has 1 atom stereocenters. The fraction of sp³-hybridized carbons (Fsp3) is 0.667. The highest BCUT2D eigenvalue weighted by Gasteiger charge is 2.27. The van der Waals surface area contributed by atoms with Gasteiger partial charge in [-0.1, -0.05) is 22.9 Å². The zero-order valence-corrected chi connectivity index (χ0v) is 12.2. The first-order valence-electron chi connectivity index (χ1n) is 4.88. The Hall–Kier alpha value is -0.400. The summed E-state index contributed by atoms with van der Waals surface area (Å²) in [6, 6.07) is 0. The standard InChI is InChI=1S/C9H16BrN3O2S/c1-6(10)5-13(4)16(14,15)9-7(2)11-12-8(9)3/h6H,5H2,1-4H3,(H,11,12). The van der Waals surface area contributed by atoms with Gasteiger partial charge < -0.3 is 0 Å². The Bertz CT molecular complexity index is 448. The van der Waals surface area contributed by atoms with Crippen molar-refractivity contribution in [3.63, 3.8) is 0 Å². The molecular formula is C9H16BrN3O2S. The normalized spacial score (nSPS) is 14.4. The maximum Gasteiger partial charge on any atom is 0.246 e. The van der Waals surface area contributed by atoms with Crippen LogP contribution in [0.4, 0.5) is 0 Å². The Morgan fingerprint density at radius 2 is 2.06 bits per heavy atom. The van der Waals surface area contributed by atoms with Crippen molar-refractivity contribution in [2.24, 2.45) is 0 Å². The summed E-state index contributed by atoms with van der Waals surface area (Å²) in [7, 11) is -1.87. The molecule has 0 aliphatic rings. The third-order valence-electron chi connectivity index (χ3n) is 2.24. The molecule has 0 saturated carbocycles. The zero-order valence-electron chi connectivity index (χ0n) is 9.78. The molecular weight excluding hydrogens is 294 g/mol. The van der Waals surface area contributed by atoms with E-state index >= 15 is 0 Å². The highest BCUT2D eigenvalue weighted by molar-refractivity contribution is 9.09. The van der Waals surface area contributed by atoms with Crippen LogP contribution in [0, 0.1) is 13.8 Å². The van der Waals surface area contributed by atoms with Gasteiger partial charge in [0.15, 0.2) is 0 Å². The number of sulfonamides is 1. The monoisotopic (exact) mass is 309 g/mol. The van der Waals surface area contributed by atoms with E-state index in [0.717, 1.165) is 0 Å². The maximum atomic E-state index is 12.2. The van der Waals surface area contributed by atoms with Crippen LogP contribution in [-0.4, -0.2) is 41.3 Å². The van der Waals surface area contributed by atoms with E-state index in [1.807, 2.05) is 6.92 Å². The lowest BCUT2D eigenvalue weighted by Crippen LogP contribution is -2.31. The van der Waals surface area contributed by atoms with E-state index < -0.39 is 10.0 Å². The maximum absolute atomic E-state index is 12.2. The summed E-state index contributed by atoms with van der Waals surface area (Å²) in [5.41, 5.74) is 1.08. The van der Waals surface area contributed by atoms with Crippen molar-refractivity contribution in [1.29, 1.82) is 0 Å². The fourth-order valence-electron chi connectivity index (χ4n) is 1.53. The molecule has 1 aromatic heterocycles. The Morgan fingerprint density at radius 3 is 2.44 bits per heavy atom. The lowest BCUT2D eigenvalue weighted by atomic mass is 10.4. The number of nitrogens with one attached hydrogen (secondary N) is 1. The minimum absolute atomic E-state index is 0.111. The molecule has 0 aliphatic carbocycles. The zero-order chi connectivity index (χ0) is 12.5. The molecule has 16 heavy (non-hydrogen) atoms. The molecule has 1 unspecified atom stereocenters. The van der Waals surface area contributed by atoms with Crippen LogP contribution in [0.3, 0.4) is 0 Å². The van der Waals surface area contributed by atoms with Crippen LogP contribution >= 0.6 is 15.9 Å². The molecule has 0 amide bonds. The molecule has 0 aromatic carbocycles. The molecule has 0 bridgehead atoms. The van der Waals surface area contributed by atoms with Gasteiger partial charge in [0.25, 0.3) is 0 Å². The summed E-state index contributed by atoms with van der Waals surface area (Å²) in [6.07, 6.45) is 0. The van der Waals surface area contributed by atoms with E-state index in [0.29, 0.717) is 17.9 Å². The molecule has 0 aliphatic heterocycles. The van der Waals surface area contributed by atoms with Gasteiger partial charge in [0, 0.05) is 18.4 Å². The topological polar surface area (TPSA) is 66.1 Å². The number of hydrogen-bond acceptors (Lipinski definition) is 3. The molecule has 7 heteroatoms. The van der Waals surface area contributed by atoms with Gasteiger partial charge in [-0.25, -0.2) is 8.42 Å². The minimum atomic E-state index is -3.44. The van der Waals surface area contributed by atoms with Crippen LogP contribution in [-0.2, 0) is 10.0 Å². The average molecular weight is 310 g/mol. The number of alkyl halides is 1. The first-order valence-corrected chi connectivity index (χ1v) is 7.24. The summed E-state index contributed by atoms with van der Waals surface area (Å²) in [5, 5.41) is 6.59. The van der Waals surface area contributed by atoms with Crippen LogP contribution in [0.25, 0.3) is 0 Å². The van der Waals surface area contributed by atoms with Crippen LogP contribution in [0.5, 0.6) is 0 Å². The summed E-state index contributed by atoms with van der Waals surface area (Å²) >= 11 is 3.34. The van der Waals surface area contributed by atoms with Crippen molar-refractivity contribution in [2.45, 2.75) is 30.5 Å². The van der Waals surface area contributed by atoms with Gasteiger partial charge in [0.1, 0.15) is 4.90 Å². The SMILES string of the molecule is Cc1n[nH]c(C)c1S(=O)(=O)N(C)CC(C)Br. The molecule has 0 radical (unpaired) electrons. The van der Waals surface area contributed by atoms with Gasteiger partial charge in [-0.05, 0) is 13.8 Å². The lowest BCUT2D eigenvalue weighted by molar-refractivity contribution is 0.473. The van der Waals surface area contributed by atoms with Gasteiger partial charge in [-0.2, -0.15) is 9.40 Å². The van der Waals surface area contributed by atoms with Crippen LogP contribution in [0.2, 0.25) is 0 Å². The van der Waals surface area contributed by atoms with Crippen molar-refractivity contribution in [1.82, 2.24) is 14.5 Å². The van der Waals surface area contributed by atoms with Crippen LogP contribution in [0.1, 0.15) is 18.3 Å². The summed E-state index contributed by atoms with van der Waals surface area (Å²) in [6.45, 7) is 5.72. The molecule has 0 saturated heterocycles. The van der Waals surface area contributed by atoms with E-state index in [-0.39, 0.29) is 9.72 Å². The van der Waals surface area contributed by atoms with Crippen LogP contribution in [0.15, 0.2) is 4.90 Å². The Kier molecular flexibility index (Phi) is 4.14. The Morgan fingerprint density at radius 1 is 1.50 bits per heavy atom. The van der Waals surface area contributed by atoms with Crippen molar-refractivity contribution in [3.8, 4) is 0 Å². The van der Waals surface area contributed by atoms with E-state index in [2.05, 4.69) is 26.1 Å². The number of aromatic nitrogens is 2. The van der Waals surface area contributed by atoms with Gasteiger partial charge in [0.05, 0.1) is 11.4 Å². The summed E-state index contributed by atoms with van der Waals surface area (Å²) in [4.78, 5) is 0.392. The smallest absolute Gasteiger partial charge is 0.246 e. The molecule has 0 fully saturated rings. The molecule has 92 valence electrons. The van der Waals surface area contributed by atoms with Crippen molar-refractivity contribution < 1.29 is 8.42 Å². The largest absolute Gasteiger partial charge is 0.281 e. The lowest BCUT2D eigenvalue weighted by Gasteiger charge is -2.18. The molecule has 1 heterocycles. The van der Waals surface area contributed by atoms with Gasteiger partial charge >= 0.3 is 0 Å². The van der Waals surface area contributed by atoms with Crippen molar-refractivity contribution in [3.05, 3.63) is 11.4 Å². The number of nitrogens with zero attached hydrogens (tertiary/aromatic N) is 2. The number of aryl methyl sites for hydroxylation is 2. The van der Waals surface area contributed by atoms with Crippen molar-refractivity contribution in [2.75, 3.05) is 13.6 Å². The molecule has 1 N–H and O–H groups in total. The summed E-state index contributed by atoms with van der Waals surface area (Å²) in [5.74, 6) is 0. The number of aromatic amines is 1. The number of hydrogen-bond donors (Lipinski definition) is 1. The number of H-pyrrole nitrogens is 1. The third-order valence-corrected chi connectivity index (χ3v) is 4.61. The van der Waals surface area contributed by atoms with Gasteiger partial charge in [0.2, 0.25) is 10.0 Å². The highest BCUT2D eigenvalue weighted by Crippen LogP contribution is 2.21. The fourth-order valence-corrected chi connectivity index (χ4v) is 3.74. The van der Waals surface area contributed by atoms with Gasteiger partial charge in [-0.15, -0.1) is 0 Å². The van der Waals surface area contributed by atoms with Gasteiger partial charge in [-0.3, -0.25) is 5.10 Å². The summed E-state index contributed by atoms with van der Waals surface area (Å²) < 4.78 is 25.8. The van der Waals surface area contributed by atoms with E-state index in [4.69, 9.17) is 0 Å². The quantitative estimate of drug-likeness (QED) is 0.856. The Labute approximate surface area is 104 Å². The highest BCUT2D eigenvalue weighted by atomic mass is 79.9. The van der Waals surface area contributed by atoms with E-state index in [1.54, 1.807) is 20.9 Å². The Balaban J connectivity index is 3.12. The second kappa shape index (κ2) is 4.85. The first kappa shape index (κ1) is 13.7. The second-order valence-corrected chi connectivity index (χ2v) is 7.37. The predicted octanol–water partition coefficient (Wildman–Crippen LogP) is 1.43. The van der Waals surface area contributed by atoms with E-state index in [9.17, 15) is 8.42 Å². The number of halogens is 1. The molecule has 1 aromatic rings. The first-order chi connectivity index (χ1) is 7.26. The second-order valence-electron chi connectivity index (χ2n) is 3.83. The third kappa shape index (κ3) is 2.64. The average Bonchev–Trinajstić information content (AvgIpc) is 2.45. The minimum Gasteiger partial charge on any atom is -0.281 e. The predicted molar refractivity (Wildman–Crippen MR) is 66.3 cm³/mol.